The van der Waals surface area contributed by atoms with Crippen LogP contribution < -0.4 is 9.47 Å². The molecule has 8 heteroatoms. The van der Waals surface area contributed by atoms with Crippen molar-refractivity contribution >= 4 is 23.6 Å². The minimum absolute atomic E-state index is 0.181. The van der Waals surface area contributed by atoms with Gasteiger partial charge in [0.05, 0.1) is 6.61 Å². The van der Waals surface area contributed by atoms with E-state index in [0.29, 0.717) is 18.3 Å². The number of halogens is 4. The van der Waals surface area contributed by atoms with Crippen LogP contribution in [0, 0.1) is 5.92 Å². The molecule has 0 fully saturated rings. The van der Waals surface area contributed by atoms with Gasteiger partial charge in [-0.1, -0.05) is 38.3 Å². The second-order valence-electron chi connectivity index (χ2n) is 5.75. The smallest absolute Gasteiger partial charge is 0.448 e. The van der Waals surface area contributed by atoms with Crippen LogP contribution in [0.25, 0.3) is 6.08 Å². The zero-order chi connectivity index (χ0) is 18.8. The van der Waals surface area contributed by atoms with Crippen molar-refractivity contribution in [2.45, 2.75) is 37.9 Å². The van der Waals surface area contributed by atoms with E-state index in [2.05, 4.69) is 0 Å². The second-order valence-corrected chi connectivity index (χ2v) is 6.28. The molecule has 138 valence electrons. The van der Waals surface area contributed by atoms with E-state index in [1.165, 1.54) is 12.1 Å². The summed E-state index contributed by atoms with van der Waals surface area (Å²) in [5.74, 6) is -1.32. The van der Waals surface area contributed by atoms with Crippen molar-refractivity contribution in [3.8, 4) is 11.5 Å². The SMILES string of the molecule is CCC(CC)COc1ccc2c(c1)OC(Cl)(C(F)(F)F)C(C(=O)O)=C2. The number of rotatable bonds is 6. The van der Waals surface area contributed by atoms with Crippen LogP contribution in [0.15, 0.2) is 23.8 Å². The van der Waals surface area contributed by atoms with Gasteiger partial charge in [0.2, 0.25) is 0 Å². The third-order valence-corrected chi connectivity index (χ3v) is 4.61. The molecule has 0 spiro atoms. The molecule has 1 atom stereocenters. The Morgan fingerprint density at radius 1 is 1.36 bits per heavy atom. The molecule has 1 aliphatic heterocycles. The van der Waals surface area contributed by atoms with E-state index in [1.807, 2.05) is 13.8 Å². The lowest BCUT2D eigenvalue weighted by Crippen LogP contribution is -2.50. The highest BCUT2D eigenvalue weighted by Crippen LogP contribution is 2.48. The number of carboxylic acid groups (broad SMARTS) is 1. The minimum atomic E-state index is -5.11. The molecular formula is C17H18ClF3O4. The fraction of sp³-hybridized carbons (Fsp3) is 0.471. The van der Waals surface area contributed by atoms with E-state index in [9.17, 15) is 18.0 Å². The normalized spacial score (nSPS) is 19.9. The maximum absolute atomic E-state index is 13.3. The summed E-state index contributed by atoms with van der Waals surface area (Å²) in [6.07, 6.45) is -2.40. The summed E-state index contributed by atoms with van der Waals surface area (Å²) in [7, 11) is 0. The maximum Gasteiger partial charge on any atom is 0.448 e. The lowest BCUT2D eigenvalue weighted by molar-refractivity contribution is -0.204. The Hall–Kier alpha value is -1.89. The highest BCUT2D eigenvalue weighted by molar-refractivity contribution is 6.29. The summed E-state index contributed by atoms with van der Waals surface area (Å²) in [5.41, 5.74) is -0.896. The van der Waals surface area contributed by atoms with Gasteiger partial charge in [0.15, 0.2) is 0 Å². The van der Waals surface area contributed by atoms with Crippen LogP contribution in [0.5, 0.6) is 11.5 Å². The number of ether oxygens (including phenoxy) is 2. The number of hydrogen-bond donors (Lipinski definition) is 1. The van der Waals surface area contributed by atoms with Crippen molar-refractivity contribution in [2.75, 3.05) is 6.61 Å². The van der Waals surface area contributed by atoms with E-state index in [-0.39, 0.29) is 11.3 Å². The van der Waals surface area contributed by atoms with Crippen molar-refractivity contribution in [1.29, 1.82) is 0 Å². The van der Waals surface area contributed by atoms with Gasteiger partial charge in [-0.15, -0.1) is 0 Å². The number of benzene rings is 1. The number of carboxylic acids is 1. The summed E-state index contributed by atoms with van der Waals surface area (Å²) in [4.78, 5) is 11.2. The molecule has 1 aromatic carbocycles. The van der Waals surface area contributed by atoms with Crippen molar-refractivity contribution in [3.05, 3.63) is 29.3 Å². The molecule has 1 heterocycles. The van der Waals surface area contributed by atoms with Crippen LogP contribution in [0.1, 0.15) is 32.3 Å². The van der Waals surface area contributed by atoms with Crippen molar-refractivity contribution in [1.82, 2.24) is 0 Å². The van der Waals surface area contributed by atoms with Gasteiger partial charge in [-0.05, 0) is 24.1 Å². The number of fused-ring (bicyclic) bond motifs is 1. The van der Waals surface area contributed by atoms with Crippen LogP contribution in [0.2, 0.25) is 0 Å². The molecule has 1 unspecified atom stereocenters. The van der Waals surface area contributed by atoms with Crippen LogP contribution >= 0.6 is 11.6 Å². The summed E-state index contributed by atoms with van der Waals surface area (Å²) in [6, 6.07) is 4.28. The fourth-order valence-corrected chi connectivity index (χ4v) is 2.63. The van der Waals surface area contributed by atoms with Gasteiger partial charge in [0.1, 0.15) is 17.1 Å². The van der Waals surface area contributed by atoms with Crippen LogP contribution in [0.3, 0.4) is 0 Å². The monoisotopic (exact) mass is 378 g/mol. The minimum Gasteiger partial charge on any atom is -0.493 e. The number of aliphatic carboxylic acids is 1. The summed E-state index contributed by atoms with van der Waals surface area (Å²) < 4.78 is 50.3. The van der Waals surface area contributed by atoms with Gasteiger partial charge in [-0.25, -0.2) is 4.79 Å². The van der Waals surface area contributed by atoms with E-state index in [1.54, 1.807) is 6.07 Å². The number of alkyl halides is 4. The molecule has 0 bridgehead atoms. The lowest BCUT2D eigenvalue weighted by Gasteiger charge is -2.34. The fourth-order valence-electron chi connectivity index (χ4n) is 2.42. The zero-order valence-corrected chi connectivity index (χ0v) is 14.4. The molecule has 0 saturated heterocycles. The first-order chi connectivity index (χ1) is 11.6. The first-order valence-electron chi connectivity index (χ1n) is 7.79. The van der Waals surface area contributed by atoms with E-state index in [4.69, 9.17) is 26.2 Å². The van der Waals surface area contributed by atoms with E-state index >= 15 is 0 Å². The highest BCUT2D eigenvalue weighted by Gasteiger charge is 2.62. The molecule has 4 nitrogen and oxygen atoms in total. The maximum atomic E-state index is 13.3. The summed E-state index contributed by atoms with van der Waals surface area (Å²) in [6.45, 7) is 4.47. The van der Waals surface area contributed by atoms with Gasteiger partial charge < -0.3 is 14.6 Å². The molecule has 0 saturated carbocycles. The molecule has 1 N–H and O–H groups in total. The average molecular weight is 379 g/mol. The Bertz CT molecular complexity index is 683. The summed E-state index contributed by atoms with van der Waals surface area (Å²) in [5, 5.41) is 5.61. The molecule has 1 aromatic rings. The van der Waals surface area contributed by atoms with E-state index < -0.39 is 22.8 Å². The number of carbonyl (C=O) groups is 1. The predicted molar refractivity (Wildman–Crippen MR) is 86.9 cm³/mol. The van der Waals surface area contributed by atoms with Crippen molar-refractivity contribution < 1.29 is 32.5 Å². The molecule has 0 amide bonds. The standard InChI is InChI=1S/C17H18ClF3O4/c1-3-10(4-2)9-24-12-6-5-11-7-13(15(22)23)16(18,17(19,20)21)25-14(11)8-12/h5-8,10H,3-4,9H2,1-2H3,(H,22,23). The molecule has 25 heavy (non-hydrogen) atoms. The van der Waals surface area contributed by atoms with Crippen LogP contribution in [0.4, 0.5) is 13.2 Å². The Morgan fingerprint density at radius 3 is 2.52 bits per heavy atom. The Kier molecular flexibility index (Phi) is 5.56. The molecule has 0 radical (unpaired) electrons. The van der Waals surface area contributed by atoms with Crippen LogP contribution in [-0.2, 0) is 4.79 Å². The third-order valence-electron chi connectivity index (χ3n) is 4.12. The van der Waals surface area contributed by atoms with Gasteiger partial charge in [-0.3, -0.25) is 0 Å². The zero-order valence-electron chi connectivity index (χ0n) is 13.7. The van der Waals surface area contributed by atoms with Crippen molar-refractivity contribution in [3.63, 3.8) is 0 Å². The third kappa shape index (κ3) is 3.86. The molecule has 0 aliphatic carbocycles. The predicted octanol–water partition coefficient (Wildman–Crippen LogP) is 4.86. The van der Waals surface area contributed by atoms with Gasteiger partial charge in [0.25, 0.3) is 0 Å². The number of hydrogen-bond acceptors (Lipinski definition) is 3. The lowest BCUT2D eigenvalue weighted by atomic mass is 10.0. The average Bonchev–Trinajstić information content (AvgIpc) is 2.53. The Labute approximate surface area is 148 Å². The van der Waals surface area contributed by atoms with Gasteiger partial charge in [-0.2, -0.15) is 13.2 Å². The molecular weight excluding hydrogens is 361 g/mol. The molecule has 1 aliphatic rings. The first-order valence-corrected chi connectivity index (χ1v) is 8.17. The topological polar surface area (TPSA) is 55.8 Å². The van der Waals surface area contributed by atoms with Gasteiger partial charge in [0, 0.05) is 11.6 Å². The Morgan fingerprint density at radius 2 is 2.00 bits per heavy atom. The summed E-state index contributed by atoms with van der Waals surface area (Å²) >= 11 is 5.53. The second kappa shape index (κ2) is 7.15. The van der Waals surface area contributed by atoms with Crippen molar-refractivity contribution in [2.24, 2.45) is 5.92 Å². The highest BCUT2D eigenvalue weighted by atomic mass is 35.5. The van der Waals surface area contributed by atoms with Gasteiger partial charge >= 0.3 is 17.2 Å². The Balaban J connectivity index is 2.35. The molecule has 2 rings (SSSR count). The molecule has 0 aromatic heterocycles. The van der Waals surface area contributed by atoms with E-state index in [0.717, 1.165) is 18.9 Å². The quantitative estimate of drug-likeness (QED) is 0.718. The first kappa shape index (κ1) is 19.4. The largest absolute Gasteiger partial charge is 0.493 e. The van der Waals surface area contributed by atoms with Crippen LogP contribution in [-0.4, -0.2) is 28.9 Å².